The highest BCUT2D eigenvalue weighted by Gasteiger charge is 2.09. The molecule has 1 heterocycles. The van der Waals surface area contributed by atoms with Gasteiger partial charge in [0.25, 0.3) is 0 Å². The number of nitrogens with zero attached hydrogens (tertiary/aromatic N) is 4. The quantitative estimate of drug-likeness (QED) is 0.717. The molecule has 1 atom stereocenters. The summed E-state index contributed by atoms with van der Waals surface area (Å²) in [5.74, 6) is 2.42. The number of nitrogen functional groups attached to an aromatic ring is 1. The molecular weight excluding hydrogens is 264 g/mol. The molecule has 0 fully saturated rings. The topological polar surface area (TPSA) is 97.0 Å². The van der Waals surface area contributed by atoms with Crippen LogP contribution in [-0.4, -0.2) is 50.3 Å². The van der Waals surface area contributed by atoms with Gasteiger partial charge in [-0.3, -0.25) is 4.21 Å². The molecule has 0 bridgehead atoms. The summed E-state index contributed by atoms with van der Waals surface area (Å²) in [6, 6.07) is 0. The lowest BCUT2D eigenvalue weighted by molar-refractivity contribution is 0.684. The molecule has 0 amide bonds. The van der Waals surface area contributed by atoms with Crippen molar-refractivity contribution in [3.8, 4) is 0 Å². The highest BCUT2D eigenvalue weighted by Crippen LogP contribution is 2.11. The molecule has 3 N–H and O–H groups in total. The second-order valence-electron chi connectivity index (χ2n) is 3.85. The van der Waals surface area contributed by atoms with Crippen LogP contribution in [0.4, 0.5) is 17.8 Å². The molecule has 8 heteroatoms. The van der Waals surface area contributed by atoms with Gasteiger partial charge < -0.3 is 16.0 Å². The van der Waals surface area contributed by atoms with Gasteiger partial charge in [0.05, 0.1) is 0 Å². The third kappa shape index (κ3) is 4.98. The first-order chi connectivity index (χ1) is 9.10. The van der Waals surface area contributed by atoms with Gasteiger partial charge >= 0.3 is 0 Å². The number of rotatable bonds is 8. The van der Waals surface area contributed by atoms with Crippen molar-refractivity contribution in [3.63, 3.8) is 0 Å². The molecule has 0 aliphatic heterocycles. The first kappa shape index (κ1) is 15.6. The number of anilines is 3. The first-order valence-electron chi connectivity index (χ1n) is 6.46. The second kappa shape index (κ2) is 7.88. The highest BCUT2D eigenvalue weighted by molar-refractivity contribution is 7.84. The maximum Gasteiger partial charge on any atom is 0.231 e. The third-order valence-electron chi connectivity index (χ3n) is 2.62. The van der Waals surface area contributed by atoms with Crippen molar-refractivity contribution in [2.45, 2.75) is 20.8 Å². The Hall–Kier alpha value is -1.44. The number of nitrogens with two attached hydrogens (primary N) is 1. The van der Waals surface area contributed by atoms with E-state index in [2.05, 4.69) is 20.3 Å². The van der Waals surface area contributed by atoms with Crippen LogP contribution >= 0.6 is 0 Å². The Kier molecular flexibility index (Phi) is 6.48. The Labute approximate surface area is 116 Å². The van der Waals surface area contributed by atoms with Gasteiger partial charge in [-0.25, -0.2) is 0 Å². The Balaban J connectivity index is 2.71. The molecule has 0 saturated heterocycles. The van der Waals surface area contributed by atoms with Crippen molar-refractivity contribution in [3.05, 3.63) is 0 Å². The standard InChI is InChI=1S/C11H22N6OS/c1-4-17(5-2)11-15-9(12)14-10(16-11)13-7-8-19(18)6-3/h4-8H2,1-3H3,(H3,12,13,14,15,16). The zero-order chi connectivity index (χ0) is 14.3. The molecule has 0 radical (unpaired) electrons. The summed E-state index contributed by atoms with van der Waals surface area (Å²) in [6.45, 7) is 8.12. The lowest BCUT2D eigenvalue weighted by atomic mass is 10.5. The zero-order valence-corrected chi connectivity index (χ0v) is 12.5. The molecule has 7 nitrogen and oxygen atoms in total. The first-order valence-corrected chi connectivity index (χ1v) is 7.94. The van der Waals surface area contributed by atoms with Gasteiger partial charge in [-0.15, -0.1) is 0 Å². The number of nitrogens with one attached hydrogen (secondary N) is 1. The summed E-state index contributed by atoms with van der Waals surface area (Å²) in [4.78, 5) is 14.4. The predicted molar refractivity (Wildman–Crippen MR) is 79.8 cm³/mol. The van der Waals surface area contributed by atoms with Crippen LogP contribution in [0.2, 0.25) is 0 Å². The molecule has 108 valence electrons. The Morgan fingerprint density at radius 2 is 1.89 bits per heavy atom. The average molecular weight is 286 g/mol. The summed E-state index contributed by atoms with van der Waals surface area (Å²) in [5.41, 5.74) is 5.68. The summed E-state index contributed by atoms with van der Waals surface area (Å²) in [5, 5.41) is 3.03. The van der Waals surface area contributed by atoms with E-state index in [0.29, 0.717) is 29.9 Å². The van der Waals surface area contributed by atoms with Crippen molar-refractivity contribution in [2.75, 3.05) is 47.1 Å². The SMILES string of the molecule is CCN(CC)c1nc(N)nc(NCCS(=O)CC)n1. The largest absolute Gasteiger partial charge is 0.368 e. The van der Waals surface area contributed by atoms with Crippen molar-refractivity contribution < 1.29 is 4.21 Å². The van der Waals surface area contributed by atoms with Crippen LogP contribution < -0.4 is 16.0 Å². The van der Waals surface area contributed by atoms with Crippen LogP contribution in [0, 0.1) is 0 Å². The second-order valence-corrected chi connectivity index (χ2v) is 5.71. The molecule has 1 aromatic heterocycles. The molecule has 0 spiro atoms. The lowest BCUT2D eigenvalue weighted by Crippen LogP contribution is -2.25. The molecule has 0 aliphatic rings. The monoisotopic (exact) mass is 286 g/mol. The average Bonchev–Trinajstić information content (AvgIpc) is 2.39. The minimum atomic E-state index is -0.799. The molecule has 1 rings (SSSR count). The van der Waals surface area contributed by atoms with Gasteiger partial charge in [0, 0.05) is 41.9 Å². The lowest BCUT2D eigenvalue weighted by Gasteiger charge is -2.18. The van der Waals surface area contributed by atoms with E-state index in [1.54, 1.807) is 0 Å². The van der Waals surface area contributed by atoms with Gasteiger partial charge in [0.1, 0.15) is 0 Å². The number of aromatic nitrogens is 3. The van der Waals surface area contributed by atoms with Crippen molar-refractivity contribution >= 4 is 28.6 Å². The maximum atomic E-state index is 11.3. The predicted octanol–water partition coefficient (Wildman–Crippen LogP) is 0.481. The minimum absolute atomic E-state index is 0.191. The fourth-order valence-electron chi connectivity index (χ4n) is 1.53. The van der Waals surface area contributed by atoms with Gasteiger partial charge in [-0.2, -0.15) is 15.0 Å². The smallest absolute Gasteiger partial charge is 0.231 e. The van der Waals surface area contributed by atoms with Crippen LogP contribution in [0.25, 0.3) is 0 Å². The maximum absolute atomic E-state index is 11.3. The van der Waals surface area contributed by atoms with E-state index in [1.807, 2.05) is 25.7 Å². The molecule has 0 aromatic carbocycles. The van der Waals surface area contributed by atoms with Crippen molar-refractivity contribution in [1.82, 2.24) is 15.0 Å². The fraction of sp³-hybridized carbons (Fsp3) is 0.727. The summed E-state index contributed by atoms with van der Waals surface area (Å²) in [7, 11) is -0.799. The van der Waals surface area contributed by atoms with E-state index >= 15 is 0 Å². The van der Waals surface area contributed by atoms with Crippen LogP contribution in [0.3, 0.4) is 0 Å². The molecular formula is C11H22N6OS. The van der Waals surface area contributed by atoms with Gasteiger partial charge in [0.2, 0.25) is 17.8 Å². The summed E-state index contributed by atoms with van der Waals surface area (Å²) < 4.78 is 11.3. The molecule has 19 heavy (non-hydrogen) atoms. The van der Waals surface area contributed by atoms with Gasteiger partial charge in [-0.05, 0) is 13.8 Å². The molecule has 1 unspecified atom stereocenters. The van der Waals surface area contributed by atoms with Gasteiger partial charge in [0.15, 0.2) is 0 Å². The molecule has 1 aromatic rings. The van der Waals surface area contributed by atoms with Crippen LogP contribution in [0.15, 0.2) is 0 Å². The van der Waals surface area contributed by atoms with E-state index in [-0.39, 0.29) is 5.95 Å². The van der Waals surface area contributed by atoms with Gasteiger partial charge in [-0.1, -0.05) is 6.92 Å². The van der Waals surface area contributed by atoms with E-state index in [4.69, 9.17) is 5.73 Å². The van der Waals surface area contributed by atoms with Crippen LogP contribution in [0.5, 0.6) is 0 Å². The van der Waals surface area contributed by atoms with E-state index in [1.165, 1.54) is 0 Å². The number of hydrogen-bond donors (Lipinski definition) is 2. The molecule has 0 aliphatic carbocycles. The Morgan fingerprint density at radius 1 is 1.21 bits per heavy atom. The van der Waals surface area contributed by atoms with E-state index in [9.17, 15) is 4.21 Å². The minimum Gasteiger partial charge on any atom is -0.368 e. The highest BCUT2D eigenvalue weighted by atomic mass is 32.2. The molecule has 0 saturated carbocycles. The Bertz CT molecular complexity index is 424. The van der Waals surface area contributed by atoms with Crippen molar-refractivity contribution in [2.24, 2.45) is 0 Å². The normalized spacial score (nSPS) is 12.2. The van der Waals surface area contributed by atoms with Crippen molar-refractivity contribution in [1.29, 1.82) is 0 Å². The zero-order valence-electron chi connectivity index (χ0n) is 11.7. The Morgan fingerprint density at radius 3 is 2.47 bits per heavy atom. The van der Waals surface area contributed by atoms with Crippen LogP contribution in [0.1, 0.15) is 20.8 Å². The fourth-order valence-corrected chi connectivity index (χ4v) is 2.15. The van der Waals surface area contributed by atoms with E-state index in [0.717, 1.165) is 13.1 Å². The summed E-state index contributed by atoms with van der Waals surface area (Å²) >= 11 is 0. The van der Waals surface area contributed by atoms with Crippen LogP contribution in [-0.2, 0) is 10.8 Å². The third-order valence-corrected chi connectivity index (χ3v) is 3.93. The summed E-state index contributed by atoms with van der Waals surface area (Å²) in [6.07, 6.45) is 0. The number of hydrogen-bond acceptors (Lipinski definition) is 7. The van der Waals surface area contributed by atoms with E-state index < -0.39 is 10.8 Å².